The van der Waals surface area contributed by atoms with Crippen molar-refractivity contribution in [2.45, 2.75) is 0 Å². The van der Waals surface area contributed by atoms with Crippen LogP contribution in [0.2, 0.25) is 5.02 Å². The Hall–Kier alpha value is -2.41. The molecule has 0 N–H and O–H groups in total. The van der Waals surface area contributed by atoms with E-state index in [2.05, 4.69) is 25.4 Å². The van der Waals surface area contributed by atoms with Gasteiger partial charge in [-0.15, -0.1) is 15.0 Å². The highest BCUT2D eigenvalue weighted by Gasteiger charge is 2.08. The Kier molecular flexibility index (Phi) is 2.88. The van der Waals surface area contributed by atoms with Crippen LogP contribution in [0.1, 0.15) is 0 Å². The highest BCUT2D eigenvalue weighted by atomic mass is 35.5. The third-order valence-electron chi connectivity index (χ3n) is 2.32. The van der Waals surface area contributed by atoms with Crippen molar-refractivity contribution in [3.63, 3.8) is 0 Å². The second-order valence-corrected chi connectivity index (χ2v) is 4.07. The zero-order chi connectivity index (χ0) is 13.2. The van der Waals surface area contributed by atoms with E-state index in [9.17, 15) is 4.39 Å². The summed E-state index contributed by atoms with van der Waals surface area (Å²) in [5.41, 5.74) is 1.16. The van der Waals surface area contributed by atoms with E-state index in [-0.39, 0.29) is 0 Å². The molecule has 0 unspecified atom stereocenters. The summed E-state index contributed by atoms with van der Waals surface area (Å²) in [4.78, 5) is 8.72. The number of rotatable bonds is 2. The summed E-state index contributed by atoms with van der Waals surface area (Å²) in [6.45, 7) is 0. The van der Waals surface area contributed by atoms with Crippen LogP contribution in [0.5, 0.6) is 0 Å². The van der Waals surface area contributed by atoms with Gasteiger partial charge in [-0.1, -0.05) is 11.6 Å². The van der Waals surface area contributed by atoms with Crippen molar-refractivity contribution in [2.24, 2.45) is 0 Å². The van der Waals surface area contributed by atoms with Gasteiger partial charge in [0.15, 0.2) is 0 Å². The molecule has 0 radical (unpaired) electrons. The van der Waals surface area contributed by atoms with Gasteiger partial charge in [-0.3, -0.25) is 4.98 Å². The predicted molar refractivity (Wildman–Crippen MR) is 65.1 cm³/mol. The number of hydrogen-bond donors (Lipinski definition) is 0. The molecule has 19 heavy (non-hydrogen) atoms. The molecule has 6 nitrogen and oxygen atoms in total. The minimum Gasteiger partial charge on any atom is -0.262 e. The van der Waals surface area contributed by atoms with Gasteiger partial charge in [0.05, 0.1) is 11.2 Å². The van der Waals surface area contributed by atoms with Crippen LogP contribution in [0.3, 0.4) is 0 Å². The van der Waals surface area contributed by atoms with E-state index >= 15 is 0 Å². The lowest BCUT2D eigenvalue weighted by molar-refractivity contribution is 0.580. The summed E-state index contributed by atoms with van der Waals surface area (Å²) >= 11 is 5.84. The Labute approximate surface area is 111 Å². The van der Waals surface area contributed by atoms with E-state index in [0.29, 0.717) is 22.1 Å². The smallest absolute Gasteiger partial charge is 0.212 e. The van der Waals surface area contributed by atoms with Gasteiger partial charge in [-0.05, 0) is 23.4 Å². The first-order valence-corrected chi connectivity index (χ1v) is 5.63. The van der Waals surface area contributed by atoms with Crippen molar-refractivity contribution in [3.8, 4) is 17.1 Å². The summed E-state index contributed by atoms with van der Waals surface area (Å²) in [5, 5.41) is 12.4. The topological polar surface area (TPSA) is 69.4 Å². The fraction of sp³-hybridized carbons (Fsp3) is 0. The Morgan fingerprint density at radius 3 is 2.79 bits per heavy atom. The van der Waals surface area contributed by atoms with Gasteiger partial charge in [0.25, 0.3) is 0 Å². The molecule has 8 heteroatoms. The summed E-state index contributed by atoms with van der Waals surface area (Å²) < 4.78 is 12.7. The number of tetrazole rings is 1. The fourth-order valence-electron chi connectivity index (χ4n) is 1.46. The molecule has 0 spiro atoms. The van der Waals surface area contributed by atoms with Crippen LogP contribution in [0.4, 0.5) is 4.39 Å². The maximum atomic E-state index is 12.7. The van der Waals surface area contributed by atoms with Crippen molar-refractivity contribution in [2.75, 3.05) is 0 Å². The minimum absolute atomic E-state index is 0.374. The van der Waals surface area contributed by atoms with E-state index in [1.807, 2.05) is 0 Å². The van der Waals surface area contributed by atoms with Crippen molar-refractivity contribution in [1.82, 2.24) is 30.2 Å². The number of pyridine rings is 2. The molecule has 0 bridgehead atoms. The van der Waals surface area contributed by atoms with Gasteiger partial charge in [-0.2, -0.15) is 4.39 Å². The van der Waals surface area contributed by atoms with Crippen LogP contribution in [-0.2, 0) is 0 Å². The minimum atomic E-state index is -0.567. The van der Waals surface area contributed by atoms with Gasteiger partial charge in [0, 0.05) is 18.0 Å². The monoisotopic (exact) mass is 276 g/mol. The number of halogens is 2. The lowest BCUT2D eigenvalue weighted by Crippen LogP contribution is -2.00. The largest absolute Gasteiger partial charge is 0.262 e. The third-order valence-corrected chi connectivity index (χ3v) is 2.53. The Bertz CT molecular complexity index is 711. The second kappa shape index (κ2) is 4.69. The Morgan fingerprint density at radius 1 is 1.16 bits per heavy atom. The molecule has 3 heterocycles. The van der Waals surface area contributed by atoms with E-state index < -0.39 is 5.95 Å². The van der Waals surface area contributed by atoms with Gasteiger partial charge >= 0.3 is 0 Å². The molecule has 0 aliphatic rings. The number of hydrogen-bond acceptors (Lipinski definition) is 5. The lowest BCUT2D eigenvalue weighted by atomic mass is 10.3. The molecule has 0 aromatic carbocycles. The summed E-state index contributed by atoms with van der Waals surface area (Å²) in [7, 11) is 0. The quantitative estimate of drug-likeness (QED) is 0.669. The van der Waals surface area contributed by atoms with E-state index in [1.54, 1.807) is 12.3 Å². The zero-order valence-electron chi connectivity index (χ0n) is 9.40. The maximum absolute atomic E-state index is 12.7. The average molecular weight is 277 g/mol. The first kappa shape index (κ1) is 11.7. The van der Waals surface area contributed by atoms with Crippen molar-refractivity contribution in [3.05, 3.63) is 47.8 Å². The van der Waals surface area contributed by atoms with Crippen molar-refractivity contribution >= 4 is 11.6 Å². The maximum Gasteiger partial charge on any atom is 0.212 e. The molecule has 0 aliphatic carbocycles. The van der Waals surface area contributed by atoms with Crippen LogP contribution in [0, 0.1) is 5.95 Å². The van der Waals surface area contributed by atoms with Gasteiger partial charge in [0.2, 0.25) is 11.8 Å². The normalized spacial score (nSPS) is 10.6. The van der Waals surface area contributed by atoms with Crippen molar-refractivity contribution < 1.29 is 4.39 Å². The SMILES string of the molecule is Fc1ccc(-n2nnc(-c3cncc(Cl)c3)n2)cn1. The van der Waals surface area contributed by atoms with Gasteiger partial charge in [0.1, 0.15) is 5.69 Å². The Morgan fingerprint density at radius 2 is 2.05 bits per heavy atom. The lowest BCUT2D eigenvalue weighted by Gasteiger charge is -1.96. The standard InChI is InChI=1S/C11H6ClFN6/c12-8-3-7(4-14-5-8)11-16-18-19(17-11)9-1-2-10(13)15-6-9/h1-6H. The second-order valence-electron chi connectivity index (χ2n) is 3.63. The molecular formula is C11H6ClFN6. The molecular weight excluding hydrogens is 271 g/mol. The van der Waals surface area contributed by atoms with E-state index in [0.717, 1.165) is 0 Å². The molecule has 0 aliphatic heterocycles. The summed E-state index contributed by atoms with van der Waals surface area (Å²) in [5.74, 6) is -0.192. The molecule has 0 fully saturated rings. The highest BCUT2D eigenvalue weighted by molar-refractivity contribution is 6.30. The molecule has 94 valence electrons. The Balaban J connectivity index is 1.97. The average Bonchev–Trinajstić information content (AvgIpc) is 2.89. The van der Waals surface area contributed by atoms with Crippen LogP contribution < -0.4 is 0 Å². The molecule has 0 amide bonds. The molecule has 0 atom stereocenters. The van der Waals surface area contributed by atoms with Gasteiger partial charge < -0.3 is 0 Å². The highest BCUT2D eigenvalue weighted by Crippen LogP contribution is 2.17. The van der Waals surface area contributed by atoms with E-state index in [4.69, 9.17) is 11.6 Å². The first-order chi connectivity index (χ1) is 9.22. The third kappa shape index (κ3) is 2.41. The fourth-order valence-corrected chi connectivity index (χ4v) is 1.63. The number of aromatic nitrogens is 6. The molecule has 3 rings (SSSR count). The number of nitrogens with zero attached hydrogens (tertiary/aromatic N) is 6. The van der Waals surface area contributed by atoms with Crippen LogP contribution >= 0.6 is 11.6 Å². The first-order valence-electron chi connectivity index (χ1n) is 5.25. The predicted octanol–water partition coefficient (Wildman–Crippen LogP) is 1.91. The molecule has 3 aromatic heterocycles. The zero-order valence-corrected chi connectivity index (χ0v) is 10.2. The molecule has 0 saturated carbocycles. The molecule has 0 saturated heterocycles. The van der Waals surface area contributed by atoms with Crippen LogP contribution in [0.25, 0.3) is 17.1 Å². The van der Waals surface area contributed by atoms with Crippen LogP contribution in [0.15, 0.2) is 36.8 Å². The molecule has 3 aromatic rings. The summed E-state index contributed by atoms with van der Waals surface area (Å²) in [6.07, 6.45) is 4.41. The van der Waals surface area contributed by atoms with E-state index in [1.165, 1.54) is 29.3 Å². The van der Waals surface area contributed by atoms with Gasteiger partial charge in [-0.25, -0.2) is 4.98 Å². The van der Waals surface area contributed by atoms with Crippen molar-refractivity contribution in [1.29, 1.82) is 0 Å². The van der Waals surface area contributed by atoms with Crippen LogP contribution in [-0.4, -0.2) is 30.2 Å². The summed E-state index contributed by atoms with van der Waals surface area (Å²) in [6, 6.07) is 4.40.